The molecule has 0 aliphatic rings. The van der Waals surface area contributed by atoms with Crippen molar-refractivity contribution in [2.75, 3.05) is 10.7 Å². The highest BCUT2D eigenvalue weighted by Crippen LogP contribution is 2.24. The van der Waals surface area contributed by atoms with Gasteiger partial charge in [0.15, 0.2) is 0 Å². The average Bonchev–Trinajstić information content (AvgIpc) is 2.46. The molecule has 0 aliphatic carbocycles. The van der Waals surface area contributed by atoms with Crippen LogP contribution in [0.15, 0.2) is 36.4 Å². The Bertz CT molecular complexity index is 635. The molecular weight excluding hydrogens is 265 g/mol. The van der Waals surface area contributed by atoms with Crippen LogP contribution in [-0.4, -0.2) is 9.91 Å². The van der Waals surface area contributed by atoms with E-state index >= 15 is 0 Å². The summed E-state index contributed by atoms with van der Waals surface area (Å²) < 4.78 is 13.5. The van der Waals surface area contributed by atoms with Crippen molar-refractivity contribution in [2.45, 2.75) is 6.54 Å². The fourth-order valence-electron chi connectivity index (χ4n) is 1.63. The van der Waals surface area contributed by atoms with Gasteiger partial charge in [-0.25, -0.2) is 15.2 Å². The Morgan fingerprint density at radius 2 is 2.05 bits per heavy atom. The fourth-order valence-corrected chi connectivity index (χ4v) is 1.63. The number of nitrogens with one attached hydrogen (secondary N) is 2. The molecule has 0 saturated carbocycles. The molecule has 1 aromatic heterocycles. The molecular formula is C12H12FN5O2. The third-order valence-corrected chi connectivity index (χ3v) is 2.62. The van der Waals surface area contributed by atoms with Crippen molar-refractivity contribution < 1.29 is 9.31 Å². The number of nitrogens with two attached hydrogens (primary N) is 1. The predicted octanol–water partition coefficient (Wildman–Crippen LogP) is 2.03. The van der Waals surface area contributed by atoms with E-state index in [4.69, 9.17) is 5.84 Å². The second kappa shape index (κ2) is 5.93. The Balaban J connectivity index is 2.24. The molecule has 20 heavy (non-hydrogen) atoms. The second-order valence-electron chi connectivity index (χ2n) is 3.91. The summed E-state index contributed by atoms with van der Waals surface area (Å²) in [6.07, 6.45) is 0. The number of hydrazine groups is 1. The quantitative estimate of drug-likeness (QED) is 0.438. The number of hydrogen-bond acceptors (Lipinski definition) is 6. The van der Waals surface area contributed by atoms with Crippen molar-refractivity contribution in [3.05, 3.63) is 57.9 Å². The molecule has 8 heteroatoms. The van der Waals surface area contributed by atoms with Crippen molar-refractivity contribution >= 4 is 17.3 Å². The Labute approximate surface area is 113 Å². The van der Waals surface area contributed by atoms with Gasteiger partial charge in [0.2, 0.25) is 5.82 Å². The highest BCUT2D eigenvalue weighted by Gasteiger charge is 2.16. The zero-order chi connectivity index (χ0) is 14.5. The van der Waals surface area contributed by atoms with Crippen molar-refractivity contribution in [3.8, 4) is 0 Å². The van der Waals surface area contributed by atoms with Crippen molar-refractivity contribution in [1.82, 2.24) is 4.98 Å². The minimum Gasteiger partial charge on any atom is -0.360 e. The van der Waals surface area contributed by atoms with E-state index < -0.39 is 10.7 Å². The van der Waals surface area contributed by atoms with Crippen LogP contribution in [0.4, 0.5) is 21.7 Å². The highest BCUT2D eigenvalue weighted by molar-refractivity contribution is 5.60. The largest absolute Gasteiger partial charge is 0.360 e. The minimum absolute atomic E-state index is 0.0219. The number of anilines is 2. The van der Waals surface area contributed by atoms with Crippen LogP contribution in [-0.2, 0) is 6.54 Å². The summed E-state index contributed by atoms with van der Waals surface area (Å²) >= 11 is 0. The number of pyridine rings is 1. The standard InChI is InChI=1S/C12H12FN5O2/c13-9-4-2-1-3-8(9)7-15-12-10(18(19)20)5-6-11(16-12)17-14/h1-6H,7,14H2,(H2,15,16,17). The first-order valence-corrected chi connectivity index (χ1v) is 5.71. The molecule has 0 aliphatic heterocycles. The van der Waals surface area contributed by atoms with Gasteiger partial charge in [-0.3, -0.25) is 10.1 Å². The van der Waals surface area contributed by atoms with E-state index in [1.165, 1.54) is 18.2 Å². The first kappa shape index (κ1) is 13.7. The monoisotopic (exact) mass is 277 g/mol. The Hall–Kier alpha value is -2.74. The summed E-state index contributed by atoms with van der Waals surface area (Å²) in [4.78, 5) is 14.3. The number of nitrogen functional groups attached to an aromatic ring is 1. The van der Waals surface area contributed by atoms with Crippen LogP contribution in [0.3, 0.4) is 0 Å². The van der Waals surface area contributed by atoms with Gasteiger partial charge in [-0.2, -0.15) is 0 Å². The van der Waals surface area contributed by atoms with Crippen molar-refractivity contribution in [3.63, 3.8) is 0 Å². The lowest BCUT2D eigenvalue weighted by Crippen LogP contribution is -2.11. The van der Waals surface area contributed by atoms with E-state index in [0.717, 1.165) is 0 Å². The minimum atomic E-state index is -0.572. The SMILES string of the molecule is NNc1ccc([N+](=O)[O-])c(NCc2ccccc2F)n1. The molecule has 0 amide bonds. The molecule has 0 spiro atoms. The molecule has 104 valence electrons. The fraction of sp³-hybridized carbons (Fsp3) is 0.0833. The molecule has 1 heterocycles. The lowest BCUT2D eigenvalue weighted by atomic mass is 10.2. The van der Waals surface area contributed by atoms with Gasteiger partial charge in [-0.1, -0.05) is 18.2 Å². The summed E-state index contributed by atoms with van der Waals surface area (Å²) in [5.41, 5.74) is 2.47. The predicted molar refractivity (Wildman–Crippen MR) is 72.4 cm³/mol. The van der Waals surface area contributed by atoms with Crippen LogP contribution in [0, 0.1) is 15.9 Å². The molecule has 2 rings (SSSR count). The molecule has 0 bridgehead atoms. The van der Waals surface area contributed by atoms with Gasteiger partial charge in [0, 0.05) is 18.2 Å². The van der Waals surface area contributed by atoms with E-state index in [2.05, 4.69) is 15.7 Å². The normalized spacial score (nSPS) is 10.1. The number of halogens is 1. The van der Waals surface area contributed by atoms with Crippen LogP contribution in [0.25, 0.3) is 0 Å². The maximum Gasteiger partial charge on any atom is 0.311 e. The first-order chi connectivity index (χ1) is 9.61. The van der Waals surface area contributed by atoms with Crippen LogP contribution in [0.1, 0.15) is 5.56 Å². The lowest BCUT2D eigenvalue weighted by molar-refractivity contribution is -0.384. The number of nitrogens with zero attached hydrogens (tertiary/aromatic N) is 2. The van der Waals surface area contributed by atoms with E-state index in [1.54, 1.807) is 18.2 Å². The summed E-state index contributed by atoms with van der Waals surface area (Å²) in [7, 11) is 0. The van der Waals surface area contributed by atoms with Crippen LogP contribution < -0.4 is 16.6 Å². The average molecular weight is 277 g/mol. The number of rotatable bonds is 5. The summed E-state index contributed by atoms with van der Waals surface area (Å²) in [6.45, 7) is 0.0779. The molecule has 1 aromatic carbocycles. The van der Waals surface area contributed by atoms with Gasteiger partial charge in [0.1, 0.15) is 11.6 Å². The van der Waals surface area contributed by atoms with Crippen LogP contribution in [0.2, 0.25) is 0 Å². The third-order valence-electron chi connectivity index (χ3n) is 2.62. The van der Waals surface area contributed by atoms with Gasteiger partial charge in [0.05, 0.1) is 4.92 Å². The van der Waals surface area contributed by atoms with Gasteiger partial charge < -0.3 is 10.7 Å². The summed E-state index contributed by atoms with van der Waals surface area (Å²) in [6, 6.07) is 8.80. The first-order valence-electron chi connectivity index (χ1n) is 5.71. The smallest absolute Gasteiger partial charge is 0.311 e. The maximum atomic E-state index is 13.5. The topological polar surface area (TPSA) is 106 Å². The van der Waals surface area contributed by atoms with E-state index in [-0.39, 0.29) is 23.9 Å². The number of aromatic nitrogens is 1. The summed E-state index contributed by atoms with van der Waals surface area (Å²) in [5.74, 6) is 5.11. The van der Waals surface area contributed by atoms with Gasteiger partial charge in [-0.15, -0.1) is 0 Å². The number of benzene rings is 1. The Morgan fingerprint density at radius 1 is 1.30 bits per heavy atom. The zero-order valence-electron chi connectivity index (χ0n) is 10.3. The second-order valence-corrected chi connectivity index (χ2v) is 3.91. The molecule has 7 nitrogen and oxygen atoms in total. The highest BCUT2D eigenvalue weighted by atomic mass is 19.1. The third kappa shape index (κ3) is 2.98. The Morgan fingerprint density at radius 3 is 2.70 bits per heavy atom. The van der Waals surface area contributed by atoms with E-state index in [9.17, 15) is 14.5 Å². The van der Waals surface area contributed by atoms with E-state index in [1.807, 2.05) is 0 Å². The lowest BCUT2D eigenvalue weighted by Gasteiger charge is -2.08. The molecule has 4 N–H and O–H groups in total. The zero-order valence-corrected chi connectivity index (χ0v) is 10.3. The van der Waals surface area contributed by atoms with Gasteiger partial charge >= 0.3 is 5.69 Å². The number of hydrogen-bond donors (Lipinski definition) is 3. The van der Waals surface area contributed by atoms with E-state index in [0.29, 0.717) is 5.56 Å². The molecule has 0 radical (unpaired) electrons. The van der Waals surface area contributed by atoms with Crippen molar-refractivity contribution in [1.29, 1.82) is 0 Å². The van der Waals surface area contributed by atoms with Crippen LogP contribution in [0.5, 0.6) is 0 Å². The number of nitro groups is 1. The summed E-state index contributed by atoms with van der Waals surface area (Å²) in [5, 5.41) is 13.6. The molecule has 0 fully saturated rings. The Kier molecular flexibility index (Phi) is 4.06. The maximum absolute atomic E-state index is 13.5. The van der Waals surface area contributed by atoms with Crippen molar-refractivity contribution in [2.24, 2.45) is 5.84 Å². The molecule has 2 aromatic rings. The van der Waals surface area contributed by atoms with Gasteiger partial charge in [-0.05, 0) is 12.1 Å². The van der Waals surface area contributed by atoms with Gasteiger partial charge in [0.25, 0.3) is 0 Å². The van der Waals surface area contributed by atoms with Crippen LogP contribution >= 0.6 is 0 Å². The molecule has 0 saturated heterocycles. The molecule has 0 unspecified atom stereocenters. The molecule has 0 atom stereocenters.